The number of carboxylic acid groups (broad SMARTS) is 1. The molecule has 0 radical (unpaired) electrons. The lowest BCUT2D eigenvalue weighted by Gasteiger charge is -2.26. The number of hydrogen-bond acceptors (Lipinski definition) is 4. The maximum atomic E-state index is 12.7. The molecular formula is C24H21NO4. The number of para-hydroxylation sites is 1. The molecule has 5 heteroatoms. The Hall–Kier alpha value is -3.60. The highest BCUT2D eigenvalue weighted by Crippen LogP contribution is 2.44. The van der Waals surface area contributed by atoms with Gasteiger partial charge in [0.2, 0.25) is 6.04 Å². The van der Waals surface area contributed by atoms with Gasteiger partial charge in [-0.15, -0.1) is 0 Å². The second-order valence-corrected chi connectivity index (χ2v) is 7.04. The number of carbonyl (C=O) groups excluding carboxylic acids is 1. The van der Waals surface area contributed by atoms with Gasteiger partial charge in [0.15, 0.2) is 0 Å². The SMILES string of the molecule is CN(c1ccccc1)[C@H](C(=O)O)C(=O)OCC1c2ccccc2-c2ccccc21. The second kappa shape index (κ2) is 7.80. The number of esters is 1. The summed E-state index contributed by atoms with van der Waals surface area (Å²) in [6.45, 7) is 0.0965. The fraction of sp³-hybridized carbons (Fsp3) is 0.167. The summed E-state index contributed by atoms with van der Waals surface area (Å²) in [7, 11) is 1.58. The van der Waals surface area contributed by atoms with Gasteiger partial charge in [-0.1, -0.05) is 66.7 Å². The molecule has 29 heavy (non-hydrogen) atoms. The van der Waals surface area contributed by atoms with E-state index in [2.05, 4.69) is 12.1 Å². The van der Waals surface area contributed by atoms with Gasteiger partial charge in [0.1, 0.15) is 6.61 Å². The lowest BCUT2D eigenvalue weighted by Crippen LogP contribution is -2.46. The molecule has 4 rings (SSSR count). The molecule has 0 fully saturated rings. The number of nitrogens with zero attached hydrogens (tertiary/aromatic N) is 1. The summed E-state index contributed by atoms with van der Waals surface area (Å²) in [5.41, 5.74) is 5.06. The van der Waals surface area contributed by atoms with Crippen molar-refractivity contribution in [3.05, 3.63) is 90.0 Å². The summed E-state index contributed by atoms with van der Waals surface area (Å²) in [6, 6.07) is 23.6. The predicted octanol–water partition coefficient (Wildman–Crippen LogP) is 3.93. The van der Waals surface area contributed by atoms with E-state index in [4.69, 9.17) is 4.74 Å². The van der Waals surface area contributed by atoms with E-state index in [1.807, 2.05) is 42.5 Å². The molecule has 0 amide bonds. The van der Waals surface area contributed by atoms with Crippen LogP contribution in [-0.4, -0.2) is 36.7 Å². The number of carboxylic acids is 1. The van der Waals surface area contributed by atoms with Gasteiger partial charge in [0.25, 0.3) is 0 Å². The zero-order chi connectivity index (χ0) is 20.4. The summed E-state index contributed by atoms with van der Waals surface area (Å²) in [5.74, 6) is -2.12. The fourth-order valence-electron chi connectivity index (χ4n) is 3.92. The van der Waals surface area contributed by atoms with Gasteiger partial charge in [-0.2, -0.15) is 0 Å². The van der Waals surface area contributed by atoms with Crippen LogP contribution in [0.15, 0.2) is 78.9 Å². The minimum atomic E-state index is -1.41. The Morgan fingerprint density at radius 1 is 0.897 bits per heavy atom. The van der Waals surface area contributed by atoms with Crippen LogP contribution in [-0.2, 0) is 14.3 Å². The minimum Gasteiger partial charge on any atom is -0.479 e. The molecule has 0 bridgehead atoms. The van der Waals surface area contributed by atoms with Crippen molar-refractivity contribution in [2.75, 3.05) is 18.6 Å². The zero-order valence-corrected chi connectivity index (χ0v) is 16.0. The first-order chi connectivity index (χ1) is 14.1. The van der Waals surface area contributed by atoms with E-state index >= 15 is 0 Å². The van der Waals surface area contributed by atoms with Gasteiger partial charge in [0, 0.05) is 18.7 Å². The summed E-state index contributed by atoms with van der Waals surface area (Å²) >= 11 is 0. The Kier molecular flexibility index (Phi) is 5.04. The first kappa shape index (κ1) is 18.7. The highest BCUT2D eigenvalue weighted by Gasteiger charge is 2.35. The van der Waals surface area contributed by atoms with E-state index in [1.165, 1.54) is 4.90 Å². The smallest absolute Gasteiger partial charge is 0.340 e. The number of carbonyl (C=O) groups is 2. The molecule has 0 aromatic heterocycles. The Labute approximate surface area is 169 Å². The lowest BCUT2D eigenvalue weighted by atomic mass is 9.98. The van der Waals surface area contributed by atoms with Crippen LogP contribution in [0, 0.1) is 0 Å². The van der Waals surface area contributed by atoms with E-state index < -0.39 is 18.0 Å². The number of ether oxygens (including phenoxy) is 1. The predicted molar refractivity (Wildman–Crippen MR) is 111 cm³/mol. The quantitative estimate of drug-likeness (QED) is 0.513. The van der Waals surface area contributed by atoms with Gasteiger partial charge >= 0.3 is 11.9 Å². The third-order valence-corrected chi connectivity index (χ3v) is 5.36. The Balaban J connectivity index is 1.55. The summed E-state index contributed by atoms with van der Waals surface area (Å²) in [4.78, 5) is 26.0. The number of hydrogen-bond donors (Lipinski definition) is 1. The van der Waals surface area contributed by atoms with Crippen LogP contribution in [0.3, 0.4) is 0 Å². The second-order valence-electron chi connectivity index (χ2n) is 7.04. The number of likely N-dealkylation sites (N-methyl/N-ethyl adjacent to an activating group) is 1. The molecular weight excluding hydrogens is 366 g/mol. The molecule has 0 heterocycles. The summed E-state index contributed by atoms with van der Waals surface area (Å²) < 4.78 is 5.54. The molecule has 3 aromatic carbocycles. The molecule has 1 atom stereocenters. The van der Waals surface area contributed by atoms with Crippen LogP contribution in [0.1, 0.15) is 17.0 Å². The van der Waals surface area contributed by atoms with Crippen molar-refractivity contribution < 1.29 is 19.4 Å². The maximum Gasteiger partial charge on any atom is 0.340 e. The minimum absolute atomic E-state index is 0.0965. The van der Waals surface area contributed by atoms with Crippen molar-refractivity contribution in [1.82, 2.24) is 0 Å². The molecule has 1 aliphatic carbocycles. The lowest BCUT2D eigenvalue weighted by molar-refractivity contribution is -0.153. The maximum absolute atomic E-state index is 12.7. The number of anilines is 1. The number of aliphatic carboxylic acids is 1. The Bertz CT molecular complexity index is 1000. The van der Waals surface area contributed by atoms with E-state index in [0.717, 1.165) is 22.3 Å². The van der Waals surface area contributed by atoms with Gasteiger partial charge < -0.3 is 14.7 Å². The number of fused-ring (bicyclic) bond motifs is 3. The first-order valence-electron chi connectivity index (χ1n) is 9.43. The topological polar surface area (TPSA) is 66.8 Å². The first-order valence-corrected chi connectivity index (χ1v) is 9.43. The zero-order valence-electron chi connectivity index (χ0n) is 16.0. The van der Waals surface area contributed by atoms with Gasteiger partial charge in [0.05, 0.1) is 0 Å². The van der Waals surface area contributed by atoms with Crippen LogP contribution in [0.5, 0.6) is 0 Å². The van der Waals surface area contributed by atoms with E-state index in [0.29, 0.717) is 5.69 Å². The number of rotatable bonds is 6. The fourth-order valence-corrected chi connectivity index (χ4v) is 3.92. The summed E-state index contributed by atoms with van der Waals surface area (Å²) in [5, 5.41) is 9.64. The van der Waals surface area contributed by atoms with Crippen LogP contribution in [0.4, 0.5) is 5.69 Å². The van der Waals surface area contributed by atoms with Crippen molar-refractivity contribution in [3.8, 4) is 11.1 Å². The largest absolute Gasteiger partial charge is 0.479 e. The van der Waals surface area contributed by atoms with E-state index in [9.17, 15) is 14.7 Å². The van der Waals surface area contributed by atoms with Gasteiger partial charge in [-0.05, 0) is 34.4 Å². The molecule has 5 nitrogen and oxygen atoms in total. The average Bonchev–Trinajstić information content (AvgIpc) is 3.06. The highest BCUT2D eigenvalue weighted by atomic mass is 16.5. The normalized spacial score (nSPS) is 13.3. The standard InChI is InChI=1S/C24H21NO4/c1-25(16-9-3-2-4-10-16)22(23(26)27)24(28)29-15-21-19-13-7-5-11-17(19)18-12-6-8-14-20(18)21/h2-14,21-22H,15H2,1H3,(H,26,27)/t22-/m1/s1. The molecule has 146 valence electrons. The van der Waals surface area contributed by atoms with E-state index in [-0.39, 0.29) is 12.5 Å². The third kappa shape index (κ3) is 3.47. The number of benzene rings is 3. The Morgan fingerprint density at radius 3 is 1.97 bits per heavy atom. The highest BCUT2D eigenvalue weighted by molar-refractivity contribution is 6.01. The molecule has 0 unspecified atom stereocenters. The molecule has 1 aliphatic rings. The van der Waals surface area contributed by atoms with Gasteiger partial charge in [-0.3, -0.25) is 0 Å². The van der Waals surface area contributed by atoms with Crippen LogP contribution in [0.2, 0.25) is 0 Å². The molecule has 0 saturated carbocycles. The van der Waals surface area contributed by atoms with Crippen molar-refractivity contribution >= 4 is 17.6 Å². The monoisotopic (exact) mass is 387 g/mol. The molecule has 0 saturated heterocycles. The molecule has 0 spiro atoms. The van der Waals surface area contributed by atoms with Gasteiger partial charge in [-0.25, -0.2) is 9.59 Å². The summed E-state index contributed by atoms with van der Waals surface area (Å²) in [6.07, 6.45) is 0. The van der Waals surface area contributed by atoms with Crippen molar-refractivity contribution in [3.63, 3.8) is 0 Å². The molecule has 0 aliphatic heterocycles. The van der Waals surface area contributed by atoms with Crippen LogP contribution < -0.4 is 4.90 Å². The van der Waals surface area contributed by atoms with Crippen molar-refractivity contribution in [2.24, 2.45) is 0 Å². The molecule has 1 N–H and O–H groups in total. The van der Waals surface area contributed by atoms with Crippen LogP contribution in [0.25, 0.3) is 11.1 Å². The third-order valence-electron chi connectivity index (χ3n) is 5.36. The average molecular weight is 387 g/mol. The Morgan fingerprint density at radius 2 is 1.41 bits per heavy atom. The molecule has 3 aromatic rings. The van der Waals surface area contributed by atoms with Crippen molar-refractivity contribution in [2.45, 2.75) is 12.0 Å². The van der Waals surface area contributed by atoms with Crippen LogP contribution >= 0.6 is 0 Å². The van der Waals surface area contributed by atoms with Crippen molar-refractivity contribution in [1.29, 1.82) is 0 Å². The van der Waals surface area contributed by atoms with E-state index in [1.54, 1.807) is 31.3 Å².